The molecule has 19 heavy (non-hydrogen) atoms. The van der Waals surface area contributed by atoms with E-state index in [4.69, 9.17) is 16.3 Å². The number of benzene rings is 1. The standard InChI is InChI=1S/C16H22ClNO/c17-15-7-14(6-13-2-1-5-18-10-13)8-16(9-15)19-11-12-3-4-12/h7-9,12-13,18H,1-6,10-11H2. The molecule has 0 radical (unpaired) electrons. The molecule has 0 aromatic heterocycles. The van der Waals surface area contributed by atoms with Crippen molar-refractivity contribution >= 4 is 11.6 Å². The zero-order chi connectivity index (χ0) is 13.1. The highest BCUT2D eigenvalue weighted by atomic mass is 35.5. The van der Waals surface area contributed by atoms with Gasteiger partial charge in [-0.3, -0.25) is 0 Å². The van der Waals surface area contributed by atoms with Crippen molar-refractivity contribution in [3.63, 3.8) is 0 Å². The van der Waals surface area contributed by atoms with Crippen molar-refractivity contribution in [2.75, 3.05) is 19.7 Å². The second-order valence-electron chi connectivity index (χ2n) is 5.97. The lowest BCUT2D eigenvalue weighted by atomic mass is 9.92. The van der Waals surface area contributed by atoms with E-state index in [0.717, 1.165) is 42.2 Å². The molecule has 1 atom stereocenters. The fraction of sp³-hybridized carbons (Fsp3) is 0.625. The number of hydrogen-bond donors (Lipinski definition) is 1. The second kappa shape index (κ2) is 6.15. The highest BCUT2D eigenvalue weighted by molar-refractivity contribution is 6.30. The van der Waals surface area contributed by atoms with Gasteiger partial charge in [0.2, 0.25) is 0 Å². The molecular formula is C16H22ClNO. The third kappa shape index (κ3) is 4.12. The van der Waals surface area contributed by atoms with E-state index in [1.54, 1.807) is 0 Å². The molecule has 3 rings (SSSR count). The molecule has 1 aromatic rings. The first-order chi connectivity index (χ1) is 9.29. The van der Waals surface area contributed by atoms with Crippen molar-refractivity contribution in [2.45, 2.75) is 32.1 Å². The first-order valence-corrected chi connectivity index (χ1v) is 7.80. The van der Waals surface area contributed by atoms with Gasteiger partial charge < -0.3 is 10.1 Å². The molecule has 3 heteroatoms. The molecule has 1 unspecified atom stereocenters. The Morgan fingerprint density at radius 1 is 1.16 bits per heavy atom. The molecule has 2 fully saturated rings. The first-order valence-electron chi connectivity index (χ1n) is 7.42. The van der Waals surface area contributed by atoms with Crippen LogP contribution in [0.3, 0.4) is 0 Å². The zero-order valence-corrected chi connectivity index (χ0v) is 12.1. The summed E-state index contributed by atoms with van der Waals surface area (Å²) in [6.07, 6.45) is 6.35. The van der Waals surface area contributed by atoms with Crippen molar-refractivity contribution in [3.8, 4) is 5.75 Å². The molecule has 1 saturated carbocycles. The first kappa shape index (κ1) is 13.3. The van der Waals surface area contributed by atoms with E-state index >= 15 is 0 Å². The average molecular weight is 280 g/mol. The third-order valence-electron chi connectivity index (χ3n) is 4.04. The van der Waals surface area contributed by atoms with Gasteiger partial charge in [-0.15, -0.1) is 0 Å². The van der Waals surface area contributed by atoms with Crippen LogP contribution in [-0.2, 0) is 6.42 Å². The molecule has 0 bridgehead atoms. The topological polar surface area (TPSA) is 21.3 Å². The largest absolute Gasteiger partial charge is 0.493 e. The monoisotopic (exact) mass is 279 g/mol. The summed E-state index contributed by atoms with van der Waals surface area (Å²) in [5, 5.41) is 4.27. The van der Waals surface area contributed by atoms with E-state index in [1.807, 2.05) is 6.07 Å². The summed E-state index contributed by atoms with van der Waals surface area (Å²) in [7, 11) is 0. The normalized spacial score (nSPS) is 23.3. The molecule has 2 nitrogen and oxygen atoms in total. The molecular weight excluding hydrogens is 258 g/mol. The lowest BCUT2D eigenvalue weighted by molar-refractivity contribution is 0.299. The van der Waals surface area contributed by atoms with E-state index in [-0.39, 0.29) is 0 Å². The van der Waals surface area contributed by atoms with E-state index in [0.29, 0.717) is 0 Å². The van der Waals surface area contributed by atoms with Crippen LogP contribution in [0.25, 0.3) is 0 Å². The van der Waals surface area contributed by atoms with Crippen LogP contribution < -0.4 is 10.1 Å². The van der Waals surface area contributed by atoms with Crippen LogP contribution >= 0.6 is 11.6 Å². The zero-order valence-electron chi connectivity index (χ0n) is 11.3. The van der Waals surface area contributed by atoms with Gasteiger partial charge in [-0.25, -0.2) is 0 Å². The lowest BCUT2D eigenvalue weighted by Gasteiger charge is -2.23. The highest BCUT2D eigenvalue weighted by Gasteiger charge is 2.22. The summed E-state index contributed by atoms with van der Waals surface area (Å²) in [4.78, 5) is 0. The maximum absolute atomic E-state index is 6.20. The Hall–Kier alpha value is -0.730. The lowest BCUT2D eigenvalue weighted by Crippen LogP contribution is -2.30. The van der Waals surface area contributed by atoms with Crippen molar-refractivity contribution in [1.29, 1.82) is 0 Å². The Balaban J connectivity index is 1.62. The average Bonchev–Trinajstić information content (AvgIpc) is 3.21. The molecule has 0 spiro atoms. The second-order valence-corrected chi connectivity index (χ2v) is 6.40. The molecule has 2 aliphatic rings. The van der Waals surface area contributed by atoms with Crippen molar-refractivity contribution in [3.05, 3.63) is 28.8 Å². The van der Waals surface area contributed by atoms with Gasteiger partial charge in [-0.05, 0) is 80.8 Å². The number of nitrogens with one attached hydrogen (secondary N) is 1. The van der Waals surface area contributed by atoms with Crippen LogP contribution in [0.4, 0.5) is 0 Å². The number of halogens is 1. The smallest absolute Gasteiger partial charge is 0.121 e. The maximum atomic E-state index is 6.20. The van der Waals surface area contributed by atoms with Gasteiger partial charge in [0.25, 0.3) is 0 Å². The molecule has 1 heterocycles. The Labute approximate surface area is 120 Å². The van der Waals surface area contributed by atoms with Gasteiger partial charge in [-0.1, -0.05) is 11.6 Å². The van der Waals surface area contributed by atoms with Crippen LogP contribution in [0.2, 0.25) is 5.02 Å². The fourth-order valence-corrected chi connectivity index (χ4v) is 3.00. The van der Waals surface area contributed by atoms with E-state index in [2.05, 4.69) is 17.4 Å². The van der Waals surface area contributed by atoms with E-state index < -0.39 is 0 Å². The summed E-state index contributed by atoms with van der Waals surface area (Å²) >= 11 is 6.20. The number of ether oxygens (including phenoxy) is 1. The van der Waals surface area contributed by atoms with Crippen LogP contribution in [0.1, 0.15) is 31.2 Å². The van der Waals surface area contributed by atoms with Crippen LogP contribution in [0.15, 0.2) is 18.2 Å². The minimum Gasteiger partial charge on any atom is -0.493 e. The summed E-state index contributed by atoms with van der Waals surface area (Å²) in [5.74, 6) is 2.46. The van der Waals surface area contributed by atoms with Gasteiger partial charge in [0.15, 0.2) is 0 Å². The molecule has 1 aliphatic heterocycles. The predicted molar refractivity (Wildman–Crippen MR) is 79.0 cm³/mol. The molecule has 1 saturated heterocycles. The number of rotatable bonds is 5. The minimum atomic E-state index is 0.739. The molecule has 1 aromatic carbocycles. The van der Waals surface area contributed by atoms with E-state index in [9.17, 15) is 0 Å². The van der Waals surface area contributed by atoms with Crippen LogP contribution in [-0.4, -0.2) is 19.7 Å². The summed E-state index contributed by atoms with van der Waals surface area (Å²) < 4.78 is 5.84. The Kier molecular flexibility index (Phi) is 4.29. The fourth-order valence-electron chi connectivity index (χ4n) is 2.75. The van der Waals surface area contributed by atoms with Gasteiger partial charge in [-0.2, -0.15) is 0 Å². The van der Waals surface area contributed by atoms with Crippen LogP contribution in [0.5, 0.6) is 5.75 Å². The van der Waals surface area contributed by atoms with E-state index in [1.165, 1.54) is 37.8 Å². The Bertz CT molecular complexity index is 425. The molecule has 0 amide bonds. The Morgan fingerprint density at radius 3 is 2.79 bits per heavy atom. The van der Waals surface area contributed by atoms with Gasteiger partial charge in [0.1, 0.15) is 5.75 Å². The summed E-state index contributed by atoms with van der Waals surface area (Å²) in [5.41, 5.74) is 1.31. The third-order valence-corrected chi connectivity index (χ3v) is 4.26. The minimum absolute atomic E-state index is 0.739. The van der Waals surface area contributed by atoms with Gasteiger partial charge in [0, 0.05) is 5.02 Å². The maximum Gasteiger partial charge on any atom is 0.121 e. The predicted octanol–water partition coefficient (Wildman–Crippen LogP) is 3.67. The van der Waals surface area contributed by atoms with Crippen LogP contribution in [0, 0.1) is 11.8 Å². The number of piperidine rings is 1. The SMILES string of the molecule is Clc1cc(CC2CCCNC2)cc(OCC2CC2)c1. The van der Waals surface area contributed by atoms with Gasteiger partial charge >= 0.3 is 0 Å². The summed E-state index contributed by atoms with van der Waals surface area (Å²) in [6.45, 7) is 3.15. The quantitative estimate of drug-likeness (QED) is 0.888. The Morgan fingerprint density at radius 2 is 2.05 bits per heavy atom. The number of hydrogen-bond acceptors (Lipinski definition) is 2. The summed E-state index contributed by atoms with van der Waals surface area (Å²) in [6, 6.07) is 6.19. The van der Waals surface area contributed by atoms with Crippen molar-refractivity contribution < 1.29 is 4.74 Å². The molecule has 104 valence electrons. The van der Waals surface area contributed by atoms with Gasteiger partial charge in [0.05, 0.1) is 6.61 Å². The highest BCUT2D eigenvalue weighted by Crippen LogP contribution is 2.31. The van der Waals surface area contributed by atoms with Crippen molar-refractivity contribution in [1.82, 2.24) is 5.32 Å². The molecule has 1 aliphatic carbocycles. The molecule has 1 N–H and O–H groups in total. The van der Waals surface area contributed by atoms with Crippen molar-refractivity contribution in [2.24, 2.45) is 11.8 Å².